The van der Waals surface area contributed by atoms with Crippen molar-refractivity contribution in [2.24, 2.45) is 0 Å². The van der Waals surface area contributed by atoms with E-state index in [1.807, 2.05) is 6.20 Å². The largest absolute Gasteiger partial charge is 0.486 e. The molecule has 3 aromatic heterocycles. The summed E-state index contributed by atoms with van der Waals surface area (Å²) in [5, 5.41) is 7.98. The van der Waals surface area contributed by atoms with Crippen molar-refractivity contribution in [1.82, 2.24) is 24.9 Å². The molecule has 9 heteroatoms. The van der Waals surface area contributed by atoms with Gasteiger partial charge in [0.05, 0.1) is 42.3 Å². The summed E-state index contributed by atoms with van der Waals surface area (Å²) in [6.45, 7) is 7.71. The van der Waals surface area contributed by atoms with E-state index in [1.54, 1.807) is 10.7 Å². The zero-order valence-corrected chi connectivity index (χ0v) is 17.3. The molecule has 0 amide bonds. The van der Waals surface area contributed by atoms with Gasteiger partial charge in [-0.3, -0.25) is 0 Å². The van der Waals surface area contributed by atoms with Crippen LogP contribution in [0, 0.1) is 5.82 Å². The van der Waals surface area contributed by atoms with E-state index in [1.165, 1.54) is 12.3 Å². The summed E-state index contributed by atoms with van der Waals surface area (Å²) in [5.41, 5.74) is 2.78. The highest BCUT2D eigenvalue weighted by atomic mass is 19.1. The molecule has 8 nitrogen and oxygen atoms in total. The van der Waals surface area contributed by atoms with Crippen LogP contribution in [-0.2, 0) is 6.54 Å². The van der Waals surface area contributed by atoms with Gasteiger partial charge in [-0.25, -0.2) is 18.9 Å². The number of rotatable bonds is 1. The Labute approximate surface area is 178 Å². The third kappa shape index (κ3) is 2.98. The number of halogens is 1. The second-order valence-electron chi connectivity index (χ2n) is 8.55. The SMILES string of the molecule is C=C1NC2(CC2)COc2ncc(F)cc2CN2c3nc4c1cnn4cc3OC[C@H]2CC. The maximum absolute atomic E-state index is 14.1. The van der Waals surface area contributed by atoms with Crippen molar-refractivity contribution in [2.75, 3.05) is 18.1 Å². The van der Waals surface area contributed by atoms with E-state index < -0.39 is 0 Å². The van der Waals surface area contributed by atoms with E-state index in [2.05, 4.69) is 33.8 Å². The second kappa shape index (κ2) is 6.57. The molecule has 0 aromatic carbocycles. The fourth-order valence-corrected chi connectivity index (χ4v) is 4.34. The van der Waals surface area contributed by atoms with Crippen LogP contribution in [0.4, 0.5) is 10.2 Å². The minimum atomic E-state index is -0.387. The molecule has 1 spiro atoms. The molecule has 0 radical (unpaired) electrons. The number of fused-ring (bicyclic) bond motifs is 1. The summed E-state index contributed by atoms with van der Waals surface area (Å²) in [6, 6.07) is 1.59. The van der Waals surface area contributed by atoms with E-state index >= 15 is 0 Å². The van der Waals surface area contributed by atoms with Crippen molar-refractivity contribution in [3.05, 3.63) is 48.2 Å². The van der Waals surface area contributed by atoms with E-state index in [-0.39, 0.29) is 17.4 Å². The van der Waals surface area contributed by atoms with Crippen molar-refractivity contribution < 1.29 is 13.9 Å². The van der Waals surface area contributed by atoms with E-state index in [0.29, 0.717) is 48.4 Å². The highest BCUT2D eigenvalue weighted by molar-refractivity contribution is 5.75. The van der Waals surface area contributed by atoms with E-state index in [4.69, 9.17) is 14.5 Å². The number of hydrogen-bond acceptors (Lipinski definition) is 7. The van der Waals surface area contributed by atoms with Crippen LogP contribution in [0.5, 0.6) is 11.6 Å². The maximum Gasteiger partial charge on any atom is 0.218 e. The average Bonchev–Trinajstić information content (AvgIpc) is 3.39. The number of pyridine rings is 1. The molecule has 3 aliphatic rings. The minimum absolute atomic E-state index is 0.0890. The number of nitrogens with zero attached hydrogens (tertiary/aromatic N) is 5. The van der Waals surface area contributed by atoms with Gasteiger partial charge < -0.3 is 19.7 Å². The number of nitrogens with one attached hydrogen (secondary N) is 1. The summed E-state index contributed by atoms with van der Waals surface area (Å²) in [5.74, 6) is 1.41. The number of ether oxygens (including phenoxy) is 2. The monoisotopic (exact) mass is 422 g/mol. The fourth-order valence-electron chi connectivity index (χ4n) is 4.34. The predicted molar refractivity (Wildman–Crippen MR) is 113 cm³/mol. The van der Waals surface area contributed by atoms with Crippen LogP contribution in [-0.4, -0.2) is 44.4 Å². The third-order valence-corrected chi connectivity index (χ3v) is 6.37. The lowest BCUT2D eigenvalue weighted by Crippen LogP contribution is -2.43. The highest BCUT2D eigenvalue weighted by Crippen LogP contribution is 2.40. The van der Waals surface area contributed by atoms with Gasteiger partial charge in [0.2, 0.25) is 5.88 Å². The summed E-state index contributed by atoms with van der Waals surface area (Å²) < 4.78 is 28.0. The lowest BCUT2D eigenvalue weighted by Gasteiger charge is -2.37. The molecule has 31 heavy (non-hydrogen) atoms. The Bertz CT molecular complexity index is 1200. The van der Waals surface area contributed by atoms with E-state index in [9.17, 15) is 4.39 Å². The summed E-state index contributed by atoms with van der Waals surface area (Å²) in [7, 11) is 0. The number of hydrogen-bond donors (Lipinski definition) is 1. The quantitative estimate of drug-likeness (QED) is 0.646. The Hall–Kier alpha value is -3.36. The van der Waals surface area contributed by atoms with E-state index in [0.717, 1.165) is 30.5 Å². The normalized spacial score (nSPS) is 21.4. The van der Waals surface area contributed by atoms with Crippen LogP contribution in [0.2, 0.25) is 0 Å². The van der Waals surface area contributed by atoms with Gasteiger partial charge in [-0.1, -0.05) is 13.5 Å². The molecule has 1 atom stereocenters. The van der Waals surface area contributed by atoms with Gasteiger partial charge >= 0.3 is 0 Å². The molecule has 160 valence electrons. The van der Waals surface area contributed by atoms with Crippen molar-refractivity contribution in [1.29, 1.82) is 0 Å². The molecule has 2 aliphatic heterocycles. The van der Waals surface area contributed by atoms with Crippen molar-refractivity contribution >= 4 is 17.2 Å². The summed E-state index contributed by atoms with van der Waals surface area (Å²) in [4.78, 5) is 11.4. The summed E-state index contributed by atoms with van der Waals surface area (Å²) >= 11 is 0. The van der Waals surface area contributed by atoms with Gasteiger partial charge in [0.25, 0.3) is 0 Å². The predicted octanol–water partition coefficient (Wildman–Crippen LogP) is 2.93. The molecule has 1 aliphatic carbocycles. The molecule has 1 N–H and O–H groups in total. The second-order valence-corrected chi connectivity index (χ2v) is 8.55. The zero-order chi connectivity index (χ0) is 21.2. The van der Waals surface area contributed by atoms with Crippen LogP contribution in [0.1, 0.15) is 37.3 Å². The Morgan fingerprint density at radius 1 is 1.32 bits per heavy atom. The van der Waals surface area contributed by atoms with Gasteiger partial charge in [-0.15, -0.1) is 0 Å². The Morgan fingerprint density at radius 3 is 3.00 bits per heavy atom. The first-order valence-electron chi connectivity index (χ1n) is 10.6. The smallest absolute Gasteiger partial charge is 0.218 e. The van der Waals surface area contributed by atoms with Crippen molar-refractivity contribution in [2.45, 2.75) is 44.3 Å². The van der Waals surface area contributed by atoms with Crippen LogP contribution in [0.3, 0.4) is 0 Å². The molecule has 1 fully saturated rings. The lowest BCUT2D eigenvalue weighted by atomic mass is 10.1. The van der Waals surface area contributed by atoms with Gasteiger partial charge in [-0.2, -0.15) is 5.10 Å². The molecule has 0 saturated heterocycles. The van der Waals surface area contributed by atoms with Gasteiger partial charge in [0.15, 0.2) is 17.2 Å². The molecular weight excluding hydrogens is 399 g/mol. The standard InChI is InChI=1S/C22H23FN6O2/c1-3-16-11-30-18-10-29-19-17(8-25-29)13(2)27-22(4-5-22)12-31-21-14(6-15(23)7-24-21)9-28(16)20(18)26-19/h6-8,10,16,27H,2-5,9,11-12H2,1H3/t16-/m1/s1. The Morgan fingerprint density at radius 2 is 2.19 bits per heavy atom. The molecule has 2 bridgehead atoms. The molecule has 3 aromatic rings. The first-order chi connectivity index (χ1) is 15.0. The van der Waals surface area contributed by atoms with Gasteiger partial charge in [0.1, 0.15) is 19.0 Å². The van der Waals surface area contributed by atoms with Crippen molar-refractivity contribution in [3.8, 4) is 11.6 Å². The first-order valence-corrected chi connectivity index (χ1v) is 10.6. The van der Waals surface area contributed by atoms with Crippen LogP contribution in [0.25, 0.3) is 11.3 Å². The minimum Gasteiger partial charge on any atom is -0.486 e. The molecule has 5 heterocycles. The Balaban J connectivity index is 1.55. The molecular formula is C22H23FN6O2. The number of anilines is 1. The highest BCUT2D eigenvalue weighted by Gasteiger charge is 2.45. The molecule has 0 unspecified atom stereocenters. The zero-order valence-electron chi connectivity index (χ0n) is 17.3. The first kappa shape index (κ1) is 18.4. The topological polar surface area (TPSA) is 76.8 Å². The van der Waals surface area contributed by atoms with Gasteiger partial charge in [0, 0.05) is 11.3 Å². The van der Waals surface area contributed by atoms with Crippen molar-refractivity contribution in [3.63, 3.8) is 0 Å². The lowest BCUT2D eigenvalue weighted by molar-refractivity contribution is 0.245. The molecule has 1 saturated carbocycles. The van der Waals surface area contributed by atoms with Crippen LogP contribution in [0.15, 0.2) is 31.2 Å². The number of aromatic nitrogens is 4. The van der Waals surface area contributed by atoms with Crippen LogP contribution < -0.4 is 19.7 Å². The third-order valence-electron chi connectivity index (χ3n) is 6.37. The van der Waals surface area contributed by atoms with Gasteiger partial charge in [-0.05, 0) is 25.3 Å². The Kier molecular flexibility index (Phi) is 3.90. The van der Waals surface area contributed by atoms with Crippen LogP contribution >= 0.6 is 0 Å². The molecule has 6 rings (SSSR count). The maximum atomic E-state index is 14.1. The average molecular weight is 422 g/mol. The summed E-state index contributed by atoms with van der Waals surface area (Å²) in [6.07, 6.45) is 7.60. The fraction of sp³-hybridized carbons (Fsp3) is 0.409.